The number of rotatable bonds is 6. The van der Waals surface area contributed by atoms with Gasteiger partial charge >= 0.3 is 0 Å². The molecule has 2 rings (SSSR count). The predicted octanol–water partition coefficient (Wildman–Crippen LogP) is 3.31. The molecule has 1 N–H and O–H groups in total. The molecule has 0 aromatic carbocycles. The van der Waals surface area contributed by atoms with E-state index < -0.39 is 0 Å². The van der Waals surface area contributed by atoms with Crippen LogP contribution in [0.5, 0.6) is 0 Å². The van der Waals surface area contributed by atoms with Gasteiger partial charge in [-0.1, -0.05) is 19.8 Å². The van der Waals surface area contributed by atoms with Crippen molar-refractivity contribution in [2.24, 2.45) is 5.92 Å². The molecule has 3 heteroatoms. The molecule has 0 aromatic rings. The van der Waals surface area contributed by atoms with E-state index in [0.29, 0.717) is 5.92 Å². The summed E-state index contributed by atoms with van der Waals surface area (Å²) in [4.78, 5) is 2.64. The van der Waals surface area contributed by atoms with Crippen LogP contribution >= 0.6 is 0 Å². The van der Waals surface area contributed by atoms with Gasteiger partial charge in [0.2, 0.25) is 0 Å². The van der Waals surface area contributed by atoms with Gasteiger partial charge in [0.1, 0.15) is 5.54 Å². The largest absolute Gasteiger partial charge is 0.301 e. The molecule has 0 bridgehead atoms. The molecular weight excluding hydrogens is 246 g/mol. The first kappa shape index (κ1) is 15.8. The van der Waals surface area contributed by atoms with E-state index in [0.717, 1.165) is 25.4 Å². The Kier molecular flexibility index (Phi) is 5.86. The molecule has 20 heavy (non-hydrogen) atoms. The van der Waals surface area contributed by atoms with Crippen LogP contribution in [0.25, 0.3) is 0 Å². The lowest BCUT2D eigenvalue weighted by atomic mass is 9.85. The number of nitrogens with zero attached hydrogens (tertiary/aromatic N) is 2. The monoisotopic (exact) mass is 277 g/mol. The van der Waals surface area contributed by atoms with Crippen LogP contribution in [0, 0.1) is 17.2 Å². The molecule has 1 saturated carbocycles. The minimum absolute atomic E-state index is 0.227. The van der Waals surface area contributed by atoms with Gasteiger partial charge in [0, 0.05) is 6.04 Å². The Balaban J connectivity index is 1.88. The lowest BCUT2D eigenvalue weighted by Crippen LogP contribution is -2.48. The average Bonchev–Trinajstić information content (AvgIpc) is 2.88. The number of nitriles is 1. The summed E-state index contributed by atoms with van der Waals surface area (Å²) < 4.78 is 0. The van der Waals surface area contributed by atoms with Gasteiger partial charge in [-0.2, -0.15) is 5.26 Å². The molecule has 1 aliphatic heterocycles. The lowest BCUT2D eigenvalue weighted by Gasteiger charge is -2.36. The Hall–Kier alpha value is -0.590. The van der Waals surface area contributed by atoms with Gasteiger partial charge in [-0.05, 0) is 71.0 Å². The van der Waals surface area contributed by atoms with E-state index in [1.54, 1.807) is 0 Å². The zero-order valence-electron chi connectivity index (χ0n) is 13.3. The first-order valence-corrected chi connectivity index (χ1v) is 8.62. The number of likely N-dealkylation sites (tertiary alicyclic amines) is 1. The van der Waals surface area contributed by atoms with Crippen LogP contribution in [0.2, 0.25) is 0 Å². The molecule has 3 unspecified atom stereocenters. The van der Waals surface area contributed by atoms with Gasteiger partial charge < -0.3 is 4.90 Å². The van der Waals surface area contributed by atoms with E-state index in [1.165, 1.54) is 51.6 Å². The highest BCUT2D eigenvalue weighted by Crippen LogP contribution is 2.38. The summed E-state index contributed by atoms with van der Waals surface area (Å²) in [5.74, 6) is 0.549. The van der Waals surface area contributed by atoms with Crippen LogP contribution in [0.4, 0.5) is 0 Å². The third-order valence-electron chi connectivity index (χ3n) is 5.42. The van der Waals surface area contributed by atoms with Gasteiger partial charge in [0.25, 0.3) is 0 Å². The molecule has 0 amide bonds. The second-order valence-electron chi connectivity index (χ2n) is 6.77. The highest BCUT2D eigenvalue weighted by molar-refractivity contribution is 5.14. The molecule has 114 valence electrons. The van der Waals surface area contributed by atoms with Gasteiger partial charge in [0.15, 0.2) is 0 Å². The summed E-state index contributed by atoms with van der Waals surface area (Å²) in [5.41, 5.74) is -0.227. The van der Waals surface area contributed by atoms with E-state index >= 15 is 0 Å². The fraction of sp³-hybridized carbons (Fsp3) is 0.941. The lowest BCUT2D eigenvalue weighted by molar-refractivity contribution is 0.142. The van der Waals surface area contributed by atoms with Crippen molar-refractivity contribution in [2.75, 3.05) is 19.6 Å². The van der Waals surface area contributed by atoms with Crippen LogP contribution in [0.3, 0.4) is 0 Å². The maximum Gasteiger partial charge on any atom is 0.109 e. The standard InChI is InChI=1S/C17H31N3/c1-3-11-19-17(14-18)10-6-8-16(17)9-13-20-12-5-4-7-15(20)2/h15-16,19H,3-13H2,1-2H3. The summed E-state index contributed by atoms with van der Waals surface area (Å²) in [6.45, 7) is 7.96. The first-order valence-electron chi connectivity index (χ1n) is 8.62. The minimum atomic E-state index is -0.227. The summed E-state index contributed by atoms with van der Waals surface area (Å²) >= 11 is 0. The van der Waals surface area contributed by atoms with E-state index in [9.17, 15) is 5.26 Å². The third kappa shape index (κ3) is 3.54. The van der Waals surface area contributed by atoms with Gasteiger partial charge in [-0.3, -0.25) is 5.32 Å². The van der Waals surface area contributed by atoms with Crippen molar-refractivity contribution in [3.8, 4) is 6.07 Å². The molecular formula is C17H31N3. The van der Waals surface area contributed by atoms with Crippen LogP contribution in [0.1, 0.15) is 65.2 Å². The van der Waals surface area contributed by atoms with Gasteiger partial charge in [-0.15, -0.1) is 0 Å². The van der Waals surface area contributed by atoms with Crippen LogP contribution in [-0.2, 0) is 0 Å². The smallest absolute Gasteiger partial charge is 0.109 e. The van der Waals surface area contributed by atoms with Crippen molar-refractivity contribution in [3.05, 3.63) is 0 Å². The highest BCUT2D eigenvalue weighted by atomic mass is 15.2. The zero-order valence-corrected chi connectivity index (χ0v) is 13.3. The Morgan fingerprint density at radius 1 is 1.30 bits per heavy atom. The highest BCUT2D eigenvalue weighted by Gasteiger charge is 2.42. The summed E-state index contributed by atoms with van der Waals surface area (Å²) in [5, 5.41) is 13.2. The Morgan fingerprint density at radius 3 is 2.85 bits per heavy atom. The summed E-state index contributed by atoms with van der Waals surface area (Å²) in [7, 11) is 0. The van der Waals surface area contributed by atoms with Crippen LogP contribution in [-0.4, -0.2) is 36.1 Å². The third-order valence-corrected chi connectivity index (χ3v) is 5.42. The molecule has 3 nitrogen and oxygen atoms in total. The topological polar surface area (TPSA) is 39.1 Å². The van der Waals surface area contributed by atoms with Gasteiger partial charge in [0.05, 0.1) is 6.07 Å². The van der Waals surface area contributed by atoms with E-state index in [1.807, 2.05) is 0 Å². The van der Waals surface area contributed by atoms with E-state index in [4.69, 9.17) is 0 Å². The van der Waals surface area contributed by atoms with Crippen molar-refractivity contribution in [1.82, 2.24) is 10.2 Å². The van der Waals surface area contributed by atoms with Gasteiger partial charge in [-0.25, -0.2) is 0 Å². The fourth-order valence-electron chi connectivity index (χ4n) is 4.05. The minimum Gasteiger partial charge on any atom is -0.301 e. The van der Waals surface area contributed by atoms with E-state index in [2.05, 4.69) is 30.1 Å². The quantitative estimate of drug-likeness (QED) is 0.809. The zero-order chi connectivity index (χ0) is 14.4. The molecule has 0 aromatic heterocycles. The predicted molar refractivity (Wildman–Crippen MR) is 83.5 cm³/mol. The van der Waals surface area contributed by atoms with Crippen molar-refractivity contribution >= 4 is 0 Å². The Bertz CT molecular complexity index is 336. The number of hydrogen-bond acceptors (Lipinski definition) is 3. The average molecular weight is 277 g/mol. The maximum absolute atomic E-state index is 9.68. The molecule has 2 fully saturated rings. The summed E-state index contributed by atoms with van der Waals surface area (Å²) in [6, 6.07) is 3.37. The van der Waals surface area contributed by atoms with Crippen LogP contribution < -0.4 is 5.32 Å². The second kappa shape index (κ2) is 7.43. The first-order chi connectivity index (χ1) is 9.72. The summed E-state index contributed by atoms with van der Waals surface area (Å²) in [6.07, 6.45) is 9.88. The Morgan fingerprint density at radius 2 is 2.15 bits per heavy atom. The molecule has 1 saturated heterocycles. The molecule has 1 aliphatic carbocycles. The van der Waals surface area contributed by atoms with Crippen molar-refractivity contribution < 1.29 is 0 Å². The number of hydrogen-bond donors (Lipinski definition) is 1. The molecule has 1 heterocycles. The van der Waals surface area contributed by atoms with Crippen molar-refractivity contribution in [2.45, 2.75) is 76.8 Å². The molecule has 0 spiro atoms. The van der Waals surface area contributed by atoms with Crippen LogP contribution in [0.15, 0.2) is 0 Å². The fourth-order valence-corrected chi connectivity index (χ4v) is 4.05. The molecule has 3 atom stereocenters. The number of piperidine rings is 1. The maximum atomic E-state index is 9.68. The van der Waals surface area contributed by atoms with E-state index in [-0.39, 0.29) is 5.54 Å². The Labute approximate surface area is 124 Å². The normalized spacial score (nSPS) is 35.0. The molecule has 2 aliphatic rings. The molecule has 0 radical (unpaired) electrons. The van der Waals surface area contributed by atoms with Crippen molar-refractivity contribution in [3.63, 3.8) is 0 Å². The second-order valence-corrected chi connectivity index (χ2v) is 6.77. The number of nitrogens with one attached hydrogen (secondary N) is 1. The van der Waals surface area contributed by atoms with Crippen molar-refractivity contribution in [1.29, 1.82) is 5.26 Å². The SMILES string of the molecule is CCCNC1(C#N)CCCC1CCN1CCCCC1C.